The van der Waals surface area contributed by atoms with Gasteiger partial charge < -0.3 is 19.9 Å². The number of likely N-dealkylation sites (tertiary alicyclic amines) is 1. The number of hydrogen-bond acceptors (Lipinski definition) is 3. The molecule has 0 aromatic heterocycles. The zero-order valence-electron chi connectivity index (χ0n) is 16.3. The van der Waals surface area contributed by atoms with E-state index >= 15 is 0 Å². The van der Waals surface area contributed by atoms with E-state index < -0.39 is 5.41 Å². The summed E-state index contributed by atoms with van der Waals surface area (Å²) in [6, 6.07) is 18.1. The third kappa shape index (κ3) is 3.17. The van der Waals surface area contributed by atoms with Crippen LogP contribution < -0.4 is 5.32 Å². The summed E-state index contributed by atoms with van der Waals surface area (Å²) in [4.78, 5) is 29.7. The Hall–Kier alpha value is -2.86. The largest absolute Gasteiger partial charge is 0.374 e. The van der Waals surface area contributed by atoms with Gasteiger partial charge in [0.1, 0.15) is 0 Å². The molecule has 2 atom stereocenters. The van der Waals surface area contributed by atoms with Gasteiger partial charge in [-0.1, -0.05) is 48.5 Å². The smallest absolute Gasteiger partial charge is 0.320 e. The van der Waals surface area contributed by atoms with Gasteiger partial charge in [0.15, 0.2) is 0 Å². The standard InChI is InChI=1S/C23H25N3O3/c27-21-23(19-8-4-5-9-20(19)24-21)10-11-26(16-23)22(28)25-12-13-29-18(15-25)14-17-6-2-1-3-7-17/h1-9,18H,10-16H2,(H,24,27). The zero-order valence-corrected chi connectivity index (χ0v) is 16.3. The van der Waals surface area contributed by atoms with Crippen LogP contribution in [0.2, 0.25) is 0 Å². The summed E-state index contributed by atoms with van der Waals surface area (Å²) in [6.45, 7) is 2.76. The van der Waals surface area contributed by atoms with Crippen LogP contribution in [0.5, 0.6) is 0 Å². The highest BCUT2D eigenvalue weighted by molar-refractivity contribution is 6.07. The van der Waals surface area contributed by atoms with Crippen molar-refractivity contribution in [3.05, 3.63) is 65.7 Å². The molecule has 6 nitrogen and oxygen atoms in total. The third-order valence-corrected chi connectivity index (χ3v) is 6.38. The first-order valence-electron chi connectivity index (χ1n) is 10.3. The number of anilines is 1. The molecular formula is C23H25N3O3. The molecule has 0 saturated carbocycles. The number of morpholine rings is 1. The van der Waals surface area contributed by atoms with Crippen LogP contribution in [-0.2, 0) is 21.4 Å². The second-order valence-corrected chi connectivity index (χ2v) is 8.16. The van der Waals surface area contributed by atoms with Crippen molar-refractivity contribution < 1.29 is 14.3 Å². The number of urea groups is 1. The van der Waals surface area contributed by atoms with Crippen LogP contribution in [0.15, 0.2) is 54.6 Å². The van der Waals surface area contributed by atoms with Gasteiger partial charge >= 0.3 is 6.03 Å². The van der Waals surface area contributed by atoms with Crippen molar-refractivity contribution in [3.63, 3.8) is 0 Å². The van der Waals surface area contributed by atoms with Crippen molar-refractivity contribution >= 4 is 17.6 Å². The predicted molar refractivity (Wildman–Crippen MR) is 110 cm³/mol. The predicted octanol–water partition coefficient (Wildman–Crippen LogP) is 2.65. The number of amides is 3. The number of ether oxygens (including phenoxy) is 1. The Morgan fingerprint density at radius 2 is 1.86 bits per heavy atom. The van der Waals surface area contributed by atoms with E-state index in [0.717, 1.165) is 17.7 Å². The number of carbonyl (C=O) groups excluding carboxylic acids is 2. The molecule has 0 aliphatic carbocycles. The lowest BCUT2D eigenvalue weighted by Crippen LogP contribution is -2.51. The number of carbonyl (C=O) groups is 2. The first-order valence-corrected chi connectivity index (χ1v) is 10.3. The average Bonchev–Trinajstić information content (AvgIpc) is 3.32. The quantitative estimate of drug-likeness (QED) is 0.856. The Kier molecular flexibility index (Phi) is 4.51. The van der Waals surface area contributed by atoms with Gasteiger partial charge in [0.05, 0.1) is 18.1 Å². The Bertz CT molecular complexity index is 932. The molecule has 150 valence electrons. The molecular weight excluding hydrogens is 366 g/mol. The third-order valence-electron chi connectivity index (χ3n) is 6.38. The molecule has 3 aliphatic heterocycles. The molecule has 1 spiro atoms. The van der Waals surface area contributed by atoms with Gasteiger partial charge in [-0.05, 0) is 23.6 Å². The molecule has 2 aromatic rings. The van der Waals surface area contributed by atoms with Crippen LogP contribution in [0.25, 0.3) is 0 Å². The van der Waals surface area contributed by atoms with Crippen LogP contribution in [-0.4, -0.2) is 60.6 Å². The lowest BCUT2D eigenvalue weighted by molar-refractivity contribution is -0.120. The number of fused-ring (bicyclic) bond motifs is 2. The van der Waals surface area contributed by atoms with Crippen molar-refractivity contribution in [2.24, 2.45) is 0 Å². The molecule has 2 saturated heterocycles. The van der Waals surface area contributed by atoms with Crippen LogP contribution in [0.3, 0.4) is 0 Å². The molecule has 3 heterocycles. The van der Waals surface area contributed by atoms with Gasteiger partial charge in [-0.25, -0.2) is 4.79 Å². The minimum atomic E-state index is -0.609. The lowest BCUT2D eigenvalue weighted by Gasteiger charge is -2.35. The second-order valence-electron chi connectivity index (χ2n) is 8.16. The minimum absolute atomic E-state index is 0.00201. The normalized spacial score (nSPS) is 25.9. The maximum absolute atomic E-state index is 13.2. The van der Waals surface area contributed by atoms with E-state index in [9.17, 15) is 9.59 Å². The van der Waals surface area contributed by atoms with E-state index in [1.54, 1.807) is 0 Å². The highest BCUT2D eigenvalue weighted by Crippen LogP contribution is 2.44. The summed E-state index contributed by atoms with van der Waals surface area (Å²) in [5.41, 5.74) is 2.50. The van der Waals surface area contributed by atoms with Crippen LogP contribution in [0, 0.1) is 0 Å². The fraction of sp³-hybridized carbons (Fsp3) is 0.391. The SMILES string of the molecule is O=C(N1CCOC(Cc2ccccc2)C1)N1CCC2(C1)C(=O)Nc1ccccc12. The number of para-hydroxylation sites is 1. The molecule has 1 N–H and O–H groups in total. The Morgan fingerprint density at radius 1 is 1.07 bits per heavy atom. The van der Waals surface area contributed by atoms with Crippen molar-refractivity contribution in [3.8, 4) is 0 Å². The van der Waals surface area contributed by atoms with E-state index in [4.69, 9.17) is 4.74 Å². The van der Waals surface area contributed by atoms with E-state index in [2.05, 4.69) is 17.4 Å². The summed E-state index contributed by atoms with van der Waals surface area (Å²) < 4.78 is 5.91. The topological polar surface area (TPSA) is 61.9 Å². The van der Waals surface area contributed by atoms with Gasteiger partial charge in [-0.2, -0.15) is 0 Å². The number of rotatable bonds is 2. The summed E-state index contributed by atoms with van der Waals surface area (Å²) in [5, 5.41) is 2.99. The monoisotopic (exact) mass is 391 g/mol. The number of nitrogens with one attached hydrogen (secondary N) is 1. The first kappa shape index (κ1) is 18.2. The van der Waals surface area contributed by atoms with Gasteiger partial charge in [-0.15, -0.1) is 0 Å². The molecule has 5 rings (SSSR count). The van der Waals surface area contributed by atoms with Crippen LogP contribution >= 0.6 is 0 Å². The fourth-order valence-corrected chi connectivity index (χ4v) is 4.85. The van der Waals surface area contributed by atoms with Gasteiger partial charge in [0, 0.05) is 38.3 Å². The zero-order chi connectivity index (χ0) is 19.8. The van der Waals surface area contributed by atoms with Crippen LogP contribution in [0.4, 0.5) is 10.5 Å². The fourth-order valence-electron chi connectivity index (χ4n) is 4.85. The Labute approximate surface area is 170 Å². The van der Waals surface area contributed by atoms with Crippen molar-refractivity contribution in [1.29, 1.82) is 0 Å². The van der Waals surface area contributed by atoms with Crippen molar-refractivity contribution in [1.82, 2.24) is 9.80 Å². The van der Waals surface area contributed by atoms with E-state index in [-0.39, 0.29) is 18.0 Å². The summed E-state index contributed by atoms with van der Waals surface area (Å²) in [6.07, 6.45) is 1.46. The molecule has 0 radical (unpaired) electrons. The van der Waals surface area contributed by atoms with E-state index in [1.807, 2.05) is 52.3 Å². The Balaban J connectivity index is 1.27. The molecule has 2 aromatic carbocycles. The second kappa shape index (κ2) is 7.19. The summed E-state index contributed by atoms with van der Waals surface area (Å²) in [7, 11) is 0. The van der Waals surface area contributed by atoms with Gasteiger partial charge in [0.2, 0.25) is 5.91 Å². The van der Waals surface area contributed by atoms with E-state index in [0.29, 0.717) is 39.2 Å². The lowest BCUT2D eigenvalue weighted by atomic mass is 9.81. The molecule has 2 unspecified atom stereocenters. The molecule has 6 heteroatoms. The molecule has 3 amide bonds. The number of hydrogen-bond donors (Lipinski definition) is 1. The highest BCUT2D eigenvalue weighted by atomic mass is 16.5. The maximum atomic E-state index is 13.2. The minimum Gasteiger partial charge on any atom is -0.374 e. The number of benzene rings is 2. The molecule has 3 aliphatic rings. The molecule has 0 bridgehead atoms. The first-order chi connectivity index (χ1) is 14.2. The Morgan fingerprint density at radius 3 is 2.72 bits per heavy atom. The summed E-state index contributed by atoms with van der Waals surface area (Å²) in [5.74, 6) is 0.0120. The number of nitrogens with zero attached hydrogens (tertiary/aromatic N) is 2. The maximum Gasteiger partial charge on any atom is 0.320 e. The van der Waals surface area contributed by atoms with E-state index in [1.165, 1.54) is 5.56 Å². The molecule has 2 fully saturated rings. The van der Waals surface area contributed by atoms with Gasteiger partial charge in [0.25, 0.3) is 0 Å². The summed E-state index contributed by atoms with van der Waals surface area (Å²) >= 11 is 0. The average molecular weight is 391 g/mol. The van der Waals surface area contributed by atoms with Crippen molar-refractivity contribution in [2.45, 2.75) is 24.4 Å². The van der Waals surface area contributed by atoms with Gasteiger partial charge in [-0.3, -0.25) is 4.79 Å². The van der Waals surface area contributed by atoms with Crippen LogP contribution in [0.1, 0.15) is 17.5 Å². The highest BCUT2D eigenvalue weighted by Gasteiger charge is 2.52. The molecule has 29 heavy (non-hydrogen) atoms. The van der Waals surface area contributed by atoms with Crippen molar-refractivity contribution in [2.75, 3.05) is 38.1 Å².